The van der Waals surface area contributed by atoms with Crippen LogP contribution < -0.4 is 9.47 Å². The smallest absolute Gasteiger partial charge is 0.231 e. The van der Waals surface area contributed by atoms with Gasteiger partial charge in [0.25, 0.3) is 0 Å². The number of aromatic nitrogens is 3. The van der Waals surface area contributed by atoms with Crippen LogP contribution in [0.25, 0.3) is 17.1 Å². The number of hydrogen-bond acceptors (Lipinski definition) is 5. The molecule has 138 valence electrons. The van der Waals surface area contributed by atoms with Gasteiger partial charge in [0, 0.05) is 11.3 Å². The third-order valence-electron chi connectivity index (χ3n) is 5.02. The molecule has 1 aromatic heterocycles. The van der Waals surface area contributed by atoms with Gasteiger partial charge in [0.1, 0.15) is 0 Å². The number of benzene rings is 2. The number of likely N-dealkylation sites (tertiary alicyclic amines) is 1. The van der Waals surface area contributed by atoms with Crippen molar-refractivity contribution in [3.8, 4) is 28.6 Å². The molecule has 0 saturated carbocycles. The van der Waals surface area contributed by atoms with E-state index in [9.17, 15) is 0 Å². The van der Waals surface area contributed by atoms with Crippen molar-refractivity contribution in [3.63, 3.8) is 0 Å². The van der Waals surface area contributed by atoms with E-state index in [1.807, 2.05) is 57.8 Å². The standard InChI is InChI=1S/C20H20N4O2S/c27-20-23(13-22-10-4-5-11-22)21-19(24(20)16-6-2-1-3-7-16)15-8-9-17-18(12-15)26-14-25-17/h1-3,6-9,12H,4-5,10-11,13-14H2. The Hall–Kier alpha value is -2.64. The quantitative estimate of drug-likeness (QED) is 0.643. The van der Waals surface area contributed by atoms with Crippen LogP contribution in [0, 0.1) is 4.77 Å². The summed E-state index contributed by atoms with van der Waals surface area (Å²) in [7, 11) is 0. The first-order valence-corrected chi connectivity index (χ1v) is 9.58. The first-order chi connectivity index (χ1) is 13.3. The molecule has 0 atom stereocenters. The molecule has 1 fully saturated rings. The Labute approximate surface area is 162 Å². The van der Waals surface area contributed by atoms with E-state index >= 15 is 0 Å². The lowest BCUT2D eigenvalue weighted by atomic mass is 10.2. The minimum atomic E-state index is 0.257. The van der Waals surface area contributed by atoms with Crippen LogP contribution in [0.3, 0.4) is 0 Å². The number of nitrogens with zero attached hydrogens (tertiary/aromatic N) is 4. The van der Waals surface area contributed by atoms with Crippen molar-refractivity contribution in [2.24, 2.45) is 0 Å². The molecular weight excluding hydrogens is 360 g/mol. The van der Waals surface area contributed by atoms with Gasteiger partial charge >= 0.3 is 0 Å². The van der Waals surface area contributed by atoms with Crippen molar-refractivity contribution in [1.29, 1.82) is 0 Å². The molecule has 0 spiro atoms. The molecule has 0 bridgehead atoms. The lowest BCUT2D eigenvalue weighted by Gasteiger charge is -2.13. The summed E-state index contributed by atoms with van der Waals surface area (Å²) in [5.41, 5.74) is 1.96. The Kier molecular flexibility index (Phi) is 4.18. The van der Waals surface area contributed by atoms with Gasteiger partial charge in [-0.1, -0.05) is 18.2 Å². The third kappa shape index (κ3) is 3.02. The van der Waals surface area contributed by atoms with E-state index in [2.05, 4.69) is 4.90 Å². The fraction of sp³-hybridized carbons (Fsp3) is 0.300. The molecule has 6 nitrogen and oxygen atoms in total. The van der Waals surface area contributed by atoms with Gasteiger partial charge in [0.2, 0.25) is 11.6 Å². The SMILES string of the molecule is S=c1n(CN2CCCC2)nc(-c2ccc3c(c2)OCO3)n1-c1ccccc1. The highest BCUT2D eigenvalue weighted by molar-refractivity contribution is 7.71. The van der Waals surface area contributed by atoms with E-state index in [-0.39, 0.29) is 6.79 Å². The lowest BCUT2D eigenvalue weighted by Crippen LogP contribution is -2.23. The maximum Gasteiger partial charge on any atom is 0.231 e. The van der Waals surface area contributed by atoms with Gasteiger partial charge in [0.15, 0.2) is 17.3 Å². The van der Waals surface area contributed by atoms with Gasteiger partial charge in [-0.2, -0.15) is 0 Å². The predicted molar refractivity (Wildman–Crippen MR) is 105 cm³/mol. The largest absolute Gasteiger partial charge is 0.454 e. The topological polar surface area (TPSA) is 44.5 Å². The molecule has 2 aliphatic rings. The molecule has 0 aliphatic carbocycles. The van der Waals surface area contributed by atoms with Gasteiger partial charge < -0.3 is 9.47 Å². The van der Waals surface area contributed by atoms with Crippen LogP contribution in [-0.2, 0) is 6.67 Å². The monoisotopic (exact) mass is 380 g/mol. The number of para-hydroxylation sites is 1. The summed E-state index contributed by atoms with van der Waals surface area (Å²) in [4.78, 5) is 2.39. The second-order valence-electron chi connectivity index (χ2n) is 6.81. The third-order valence-corrected chi connectivity index (χ3v) is 5.41. The average molecular weight is 380 g/mol. The van der Waals surface area contributed by atoms with E-state index in [0.29, 0.717) is 4.77 Å². The summed E-state index contributed by atoms with van der Waals surface area (Å²) in [6, 6.07) is 16.0. The van der Waals surface area contributed by atoms with Crippen molar-refractivity contribution in [3.05, 3.63) is 53.3 Å². The highest BCUT2D eigenvalue weighted by Gasteiger charge is 2.20. The lowest BCUT2D eigenvalue weighted by molar-refractivity contribution is 0.174. The van der Waals surface area contributed by atoms with Crippen LogP contribution in [0.2, 0.25) is 0 Å². The number of ether oxygens (including phenoxy) is 2. The van der Waals surface area contributed by atoms with Crippen molar-refractivity contribution in [1.82, 2.24) is 19.2 Å². The number of rotatable bonds is 4. The highest BCUT2D eigenvalue weighted by atomic mass is 32.1. The number of fused-ring (bicyclic) bond motifs is 1. The van der Waals surface area contributed by atoms with Gasteiger partial charge in [0.05, 0.1) is 6.67 Å². The molecule has 0 amide bonds. The fourth-order valence-electron chi connectivity index (χ4n) is 3.65. The van der Waals surface area contributed by atoms with Gasteiger partial charge in [-0.25, -0.2) is 4.68 Å². The maximum absolute atomic E-state index is 5.81. The van der Waals surface area contributed by atoms with Crippen LogP contribution in [0.1, 0.15) is 12.8 Å². The maximum atomic E-state index is 5.81. The van der Waals surface area contributed by atoms with Crippen molar-refractivity contribution in [2.45, 2.75) is 19.5 Å². The van der Waals surface area contributed by atoms with Crippen LogP contribution in [0.4, 0.5) is 0 Å². The summed E-state index contributed by atoms with van der Waals surface area (Å²) in [6.45, 7) is 3.17. The molecule has 1 saturated heterocycles. The second kappa shape index (κ2) is 6.83. The normalized spacial score (nSPS) is 16.1. The molecule has 0 radical (unpaired) electrons. The summed E-state index contributed by atoms with van der Waals surface area (Å²) < 4.78 is 15.6. The Bertz CT molecular complexity index is 1020. The Balaban J connectivity index is 1.63. The van der Waals surface area contributed by atoms with E-state index < -0.39 is 0 Å². The van der Waals surface area contributed by atoms with Crippen LogP contribution in [0.5, 0.6) is 11.5 Å². The zero-order valence-corrected chi connectivity index (χ0v) is 15.7. The summed E-state index contributed by atoms with van der Waals surface area (Å²) >= 11 is 5.81. The van der Waals surface area contributed by atoms with Gasteiger partial charge in [-0.05, 0) is 68.5 Å². The van der Waals surface area contributed by atoms with Gasteiger partial charge in [-0.15, -0.1) is 5.10 Å². The molecule has 0 N–H and O–H groups in total. The fourth-order valence-corrected chi connectivity index (χ4v) is 3.94. The summed E-state index contributed by atoms with van der Waals surface area (Å²) in [5.74, 6) is 2.32. The molecular formula is C20H20N4O2S. The molecule has 7 heteroatoms. The van der Waals surface area contributed by atoms with Crippen molar-refractivity contribution in [2.75, 3.05) is 19.9 Å². The minimum absolute atomic E-state index is 0.257. The summed E-state index contributed by atoms with van der Waals surface area (Å²) in [6.07, 6.45) is 2.48. The Morgan fingerprint density at radius 2 is 1.74 bits per heavy atom. The first-order valence-electron chi connectivity index (χ1n) is 9.17. The van der Waals surface area contributed by atoms with E-state index in [0.717, 1.165) is 48.3 Å². The highest BCUT2D eigenvalue weighted by Crippen LogP contribution is 2.36. The molecule has 2 aliphatic heterocycles. The second-order valence-corrected chi connectivity index (χ2v) is 7.18. The molecule has 27 heavy (non-hydrogen) atoms. The average Bonchev–Trinajstić information content (AvgIpc) is 3.43. The van der Waals surface area contributed by atoms with Gasteiger partial charge in [-0.3, -0.25) is 9.47 Å². The molecule has 3 heterocycles. The van der Waals surface area contributed by atoms with E-state index in [1.54, 1.807) is 0 Å². The molecule has 2 aromatic carbocycles. The van der Waals surface area contributed by atoms with Crippen LogP contribution in [-0.4, -0.2) is 39.1 Å². The van der Waals surface area contributed by atoms with E-state index in [4.69, 9.17) is 26.8 Å². The van der Waals surface area contributed by atoms with Crippen molar-refractivity contribution < 1.29 is 9.47 Å². The molecule has 5 rings (SSSR count). The van der Waals surface area contributed by atoms with Crippen molar-refractivity contribution >= 4 is 12.2 Å². The number of hydrogen-bond donors (Lipinski definition) is 0. The Morgan fingerprint density at radius 3 is 2.56 bits per heavy atom. The molecule has 0 unspecified atom stereocenters. The summed E-state index contributed by atoms with van der Waals surface area (Å²) in [5, 5.41) is 4.88. The zero-order chi connectivity index (χ0) is 18.2. The first kappa shape index (κ1) is 16.5. The minimum Gasteiger partial charge on any atom is -0.454 e. The predicted octanol–water partition coefficient (Wildman–Crippen LogP) is 3.85. The van der Waals surface area contributed by atoms with E-state index in [1.165, 1.54) is 12.8 Å². The Morgan fingerprint density at radius 1 is 0.963 bits per heavy atom. The zero-order valence-electron chi connectivity index (χ0n) is 14.9. The van der Waals surface area contributed by atoms with Crippen LogP contribution in [0.15, 0.2) is 48.5 Å². The van der Waals surface area contributed by atoms with Crippen LogP contribution >= 0.6 is 12.2 Å². The molecule has 3 aromatic rings.